The van der Waals surface area contributed by atoms with E-state index in [9.17, 15) is 0 Å². The lowest BCUT2D eigenvalue weighted by Crippen LogP contribution is -2.33. The quantitative estimate of drug-likeness (QED) is 0.230. The molecule has 0 rings (SSSR count). The summed E-state index contributed by atoms with van der Waals surface area (Å²) in [5.74, 6) is 0. The van der Waals surface area contributed by atoms with Crippen LogP contribution in [-0.4, -0.2) is 8.32 Å². The van der Waals surface area contributed by atoms with E-state index in [0.29, 0.717) is 0 Å². The van der Waals surface area contributed by atoms with Crippen molar-refractivity contribution in [2.24, 2.45) is 0 Å². The van der Waals surface area contributed by atoms with Gasteiger partial charge in [0.1, 0.15) is 0 Å². The van der Waals surface area contributed by atoms with Crippen molar-refractivity contribution in [3.05, 3.63) is 12.3 Å². The molecule has 0 aromatic carbocycles. The molecule has 0 atom stereocenters. The van der Waals surface area contributed by atoms with Crippen LogP contribution in [-0.2, 0) is 4.43 Å². The molecule has 0 amide bonds. The van der Waals surface area contributed by atoms with Crippen molar-refractivity contribution in [2.45, 2.75) is 90.8 Å². The summed E-state index contributed by atoms with van der Waals surface area (Å²) in [6.45, 7) is 9.10. The fourth-order valence-corrected chi connectivity index (χ4v) is 4.69. The maximum Gasteiger partial charge on any atom is 0.249 e. The molecule has 0 saturated carbocycles. The van der Waals surface area contributed by atoms with Gasteiger partial charge >= 0.3 is 0 Å². The van der Waals surface area contributed by atoms with Crippen LogP contribution in [0.15, 0.2) is 12.3 Å². The first kappa shape index (κ1) is 17.8. The topological polar surface area (TPSA) is 9.23 Å². The van der Waals surface area contributed by atoms with Gasteiger partial charge < -0.3 is 4.43 Å². The number of rotatable bonds is 12. The van der Waals surface area contributed by atoms with Crippen molar-refractivity contribution in [3.63, 3.8) is 0 Å². The van der Waals surface area contributed by atoms with E-state index in [1.807, 2.05) is 6.26 Å². The van der Waals surface area contributed by atoms with Crippen LogP contribution in [0.5, 0.6) is 0 Å². The van der Waals surface area contributed by atoms with E-state index in [0.717, 1.165) is 0 Å². The van der Waals surface area contributed by atoms with Crippen molar-refractivity contribution >= 4 is 8.32 Å². The molecule has 0 unspecified atom stereocenters. The van der Waals surface area contributed by atoms with E-state index in [4.69, 9.17) is 4.43 Å². The second kappa shape index (κ2) is 11.8. The number of hydrogen-bond acceptors (Lipinski definition) is 1. The lowest BCUT2D eigenvalue weighted by Gasteiger charge is -2.26. The molecule has 0 aliphatic heterocycles. The average molecular weight is 271 g/mol. The predicted octanol–water partition coefficient (Wildman–Crippen LogP) is 6.27. The summed E-state index contributed by atoms with van der Waals surface area (Å²) in [6, 6.07) is 3.71. The summed E-state index contributed by atoms with van der Waals surface area (Å²) in [5, 5.41) is 0. The normalized spacial score (nSPS) is 12.2. The Morgan fingerprint density at radius 2 is 1.33 bits per heavy atom. The van der Waals surface area contributed by atoms with Crippen LogP contribution in [0.3, 0.4) is 0 Å². The molecule has 0 saturated heterocycles. The SMILES string of the molecule is CCCCCCCCC=CO[Si](CC)(CC)CC. The van der Waals surface area contributed by atoms with Crippen LogP contribution in [0.1, 0.15) is 72.6 Å². The molecule has 0 spiro atoms. The minimum Gasteiger partial charge on any atom is -0.549 e. The molecule has 18 heavy (non-hydrogen) atoms. The molecule has 2 heteroatoms. The van der Waals surface area contributed by atoms with Crippen molar-refractivity contribution in [2.75, 3.05) is 0 Å². The standard InChI is InChI=1S/C16H34OSi/c1-5-9-10-11-12-13-14-15-16-17-18(6-2,7-3)8-4/h15-16H,5-14H2,1-4H3. The zero-order valence-electron chi connectivity index (χ0n) is 13.1. The highest BCUT2D eigenvalue weighted by atomic mass is 28.4. The van der Waals surface area contributed by atoms with E-state index in [1.165, 1.54) is 63.1 Å². The Morgan fingerprint density at radius 1 is 0.778 bits per heavy atom. The second-order valence-corrected chi connectivity index (χ2v) is 10.0. The van der Waals surface area contributed by atoms with E-state index < -0.39 is 8.32 Å². The Bertz CT molecular complexity index is 189. The predicted molar refractivity (Wildman–Crippen MR) is 85.4 cm³/mol. The molecule has 0 aliphatic rings. The summed E-state index contributed by atoms with van der Waals surface area (Å²) in [6.07, 6.45) is 13.7. The molecule has 108 valence electrons. The summed E-state index contributed by atoms with van der Waals surface area (Å²) >= 11 is 0. The third-order valence-electron chi connectivity index (χ3n) is 4.07. The Kier molecular flexibility index (Phi) is 11.7. The van der Waals surface area contributed by atoms with Gasteiger partial charge in [0.25, 0.3) is 0 Å². The highest BCUT2D eigenvalue weighted by molar-refractivity contribution is 6.73. The van der Waals surface area contributed by atoms with E-state index in [2.05, 4.69) is 33.8 Å². The lowest BCUT2D eigenvalue weighted by molar-refractivity contribution is 0.455. The summed E-state index contributed by atoms with van der Waals surface area (Å²) in [4.78, 5) is 0. The number of hydrogen-bond donors (Lipinski definition) is 0. The minimum absolute atomic E-state index is 1.19. The number of unbranched alkanes of at least 4 members (excludes halogenated alkanes) is 6. The Balaban J connectivity index is 3.58. The Hall–Kier alpha value is -0.243. The first-order valence-electron chi connectivity index (χ1n) is 8.07. The molecule has 0 bridgehead atoms. The third kappa shape index (κ3) is 7.96. The van der Waals surface area contributed by atoms with Gasteiger partial charge in [0, 0.05) is 0 Å². The maximum absolute atomic E-state index is 6.08. The zero-order valence-corrected chi connectivity index (χ0v) is 14.1. The largest absolute Gasteiger partial charge is 0.549 e. The molecule has 1 nitrogen and oxygen atoms in total. The molecule has 0 N–H and O–H groups in total. The molecular weight excluding hydrogens is 236 g/mol. The van der Waals surface area contributed by atoms with Crippen molar-refractivity contribution in [3.8, 4) is 0 Å². The van der Waals surface area contributed by atoms with E-state index >= 15 is 0 Å². The molecule has 0 fully saturated rings. The first-order valence-corrected chi connectivity index (χ1v) is 10.6. The van der Waals surface area contributed by atoms with Gasteiger partial charge in [-0.1, -0.05) is 65.9 Å². The fourth-order valence-electron chi connectivity index (χ4n) is 2.30. The van der Waals surface area contributed by atoms with Gasteiger partial charge in [0.05, 0.1) is 6.26 Å². The van der Waals surface area contributed by atoms with Crippen molar-refractivity contribution in [1.29, 1.82) is 0 Å². The third-order valence-corrected chi connectivity index (χ3v) is 8.57. The van der Waals surface area contributed by atoms with Gasteiger partial charge in [-0.25, -0.2) is 0 Å². The van der Waals surface area contributed by atoms with Gasteiger partial charge in [0.15, 0.2) is 0 Å². The van der Waals surface area contributed by atoms with Gasteiger partial charge in [-0.05, 0) is 31.0 Å². The van der Waals surface area contributed by atoms with Gasteiger partial charge in [-0.15, -0.1) is 0 Å². The minimum atomic E-state index is -1.39. The molecule has 0 aromatic rings. The highest BCUT2D eigenvalue weighted by Crippen LogP contribution is 2.21. The monoisotopic (exact) mass is 270 g/mol. The first-order chi connectivity index (χ1) is 8.74. The van der Waals surface area contributed by atoms with Crippen LogP contribution in [0.2, 0.25) is 18.1 Å². The Morgan fingerprint density at radius 3 is 1.89 bits per heavy atom. The Labute approximate surface area is 116 Å². The van der Waals surface area contributed by atoms with Gasteiger partial charge in [-0.3, -0.25) is 0 Å². The molecular formula is C16H34OSi. The lowest BCUT2D eigenvalue weighted by atomic mass is 10.1. The van der Waals surface area contributed by atoms with Crippen molar-refractivity contribution < 1.29 is 4.43 Å². The average Bonchev–Trinajstić information content (AvgIpc) is 2.42. The smallest absolute Gasteiger partial charge is 0.249 e. The fraction of sp³-hybridized carbons (Fsp3) is 0.875. The van der Waals surface area contributed by atoms with Crippen molar-refractivity contribution in [1.82, 2.24) is 0 Å². The molecule has 0 radical (unpaired) electrons. The highest BCUT2D eigenvalue weighted by Gasteiger charge is 2.28. The van der Waals surface area contributed by atoms with Crippen LogP contribution >= 0.6 is 0 Å². The van der Waals surface area contributed by atoms with E-state index in [1.54, 1.807) is 0 Å². The van der Waals surface area contributed by atoms with Gasteiger partial charge in [-0.2, -0.15) is 0 Å². The molecule has 0 aromatic heterocycles. The second-order valence-electron chi connectivity index (χ2n) is 5.29. The number of allylic oxidation sites excluding steroid dienone is 1. The summed E-state index contributed by atoms with van der Waals surface area (Å²) in [7, 11) is -1.39. The summed E-state index contributed by atoms with van der Waals surface area (Å²) < 4.78 is 6.08. The van der Waals surface area contributed by atoms with Crippen LogP contribution in [0, 0.1) is 0 Å². The van der Waals surface area contributed by atoms with Crippen LogP contribution in [0.25, 0.3) is 0 Å². The van der Waals surface area contributed by atoms with Gasteiger partial charge in [0.2, 0.25) is 8.32 Å². The van der Waals surface area contributed by atoms with E-state index in [-0.39, 0.29) is 0 Å². The summed E-state index contributed by atoms with van der Waals surface area (Å²) in [5.41, 5.74) is 0. The van der Waals surface area contributed by atoms with Crippen LogP contribution < -0.4 is 0 Å². The molecule has 0 heterocycles. The van der Waals surface area contributed by atoms with Crippen LogP contribution in [0.4, 0.5) is 0 Å². The zero-order chi connectivity index (χ0) is 13.7. The molecule has 0 aliphatic carbocycles. The maximum atomic E-state index is 6.08.